The molecule has 6 heteroatoms. The van der Waals surface area contributed by atoms with Crippen LogP contribution in [0.1, 0.15) is 24.8 Å². The Hall–Kier alpha value is -1.27. The Morgan fingerprint density at radius 1 is 1.16 bits per heavy atom. The van der Waals surface area contributed by atoms with Gasteiger partial charge in [0.25, 0.3) is 0 Å². The molecule has 1 aromatic carbocycles. The van der Waals surface area contributed by atoms with Crippen molar-refractivity contribution in [3.05, 3.63) is 17.7 Å². The fourth-order valence-electron chi connectivity index (χ4n) is 2.38. The molecule has 0 spiro atoms. The lowest BCUT2D eigenvalue weighted by Gasteiger charge is -2.39. The number of sulfone groups is 1. The lowest BCUT2D eigenvalue weighted by Crippen LogP contribution is -2.44. The zero-order valence-electron chi connectivity index (χ0n) is 11.4. The van der Waals surface area contributed by atoms with Gasteiger partial charge in [0.15, 0.2) is 21.3 Å². The Morgan fingerprint density at radius 3 is 2.05 bits per heavy atom. The fraction of sp³-hybridized carbons (Fsp3) is 0.538. The third kappa shape index (κ3) is 2.42. The number of hydrogen-bond acceptors (Lipinski definition) is 5. The lowest BCUT2D eigenvalue weighted by atomic mass is 9.72. The normalized spacial score (nSPS) is 17.7. The molecular weight excluding hydrogens is 266 g/mol. The largest absolute Gasteiger partial charge is 0.493 e. The molecule has 0 radical (unpaired) electrons. The minimum absolute atomic E-state index is 0.229. The van der Waals surface area contributed by atoms with Crippen LogP contribution in [-0.4, -0.2) is 28.9 Å². The summed E-state index contributed by atoms with van der Waals surface area (Å²) in [5.41, 5.74) is 6.33. The predicted octanol–water partition coefficient (Wildman–Crippen LogP) is 1.45. The van der Waals surface area contributed by atoms with E-state index in [2.05, 4.69) is 0 Å². The first kappa shape index (κ1) is 14.1. The molecule has 1 aliphatic carbocycles. The molecule has 2 N–H and O–H groups in total. The molecule has 1 fully saturated rings. The summed E-state index contributed by atoms with van der Waals surface area (Å²) in [6.45, 7) is 0. The van der Waals surface area contributed by atoms with Crippen molar-refractivity contribution < 1.29 is 17.9 Å². The minimum Gasteiger partial charge on any atom is -0.493 e. The molecule has 19 heavy (non-hydrogen) atoms. The number of rotatable bonds is 4. The maximum absolute atomic E-state index is 12.0. The van der Waals surface area contributed by atoms with Gasteiger partial charge in [-0.1, -0.05) is 0 Å². The molecule has 0 saturated heterocycles. The molecule has 0 aromatic heterocycles. The van der Waals surface area contributed by atoms with Gasteiger partial charge in [0.2, 0.25) is 0 Å². The van der Waals surface area contributed by atoms with Crippen LogP contribution in [0.5, 0.6) is 11.5 Å². The highest BCUT2D eigenvalue weighted by Gasteiger charge is 2.38. The van der Waals surface area contributed by atoms with Crippen LogP contribution in [0.25, 0.3) is 0 Å². The molecule has 0 bridgehead atoms. The summed E-state index contributed by atoms with van der Waals surface area (Å²) in [5.74, 6) is 0.899. The van der Waals surface area contributed by atoms with Crippen molar-refractivity contribution in [2.24, 2.45) is 5.73 Å². The minimum atomic E-state index is -3.37. The number of nitrogens with two attached hydrogens (primary N) is 1. The second kappa shape index (κ2) is 4.68. The van der Waals surface area contributed by atoms with Crippen LogP contribution in [0.2, 0.25) is 0 Å². The third-order valence-corrected chi connectivity index (χ3v) is 4.80. The van der Waals surface area contributed by atoms with Crippen molar-refractivity contribution in [1.82, 2.24) is 0 Å². The van der Waals surface area contributed by atoms with Gasteiger partial charge in [-0.2, -0.15) is 0 Å². The number of benzene rings is 1. The average molecular weight is 285 g/mol. The molecular formula is C13H19NO4S. The van der Waals surface area contributed by atoms with E-state index in [4.69, 9.17) is 15.2 Å². The van der Waals surface area contributed by atoms with E-state index in [1.54, 1.807) is 6.07 Å². The molecule has 0 amide bonds. The second-order valence-corrected chi connectivity index (χ2v) is 6.97. The van der Waals surface area contributed by atoms with Crippen molar-refractivity contribution in [1.29, 1.82) is 0 Å². The van der Waals surface area contributed by atoms with Gasteiger partial charge >= 0.3 is 0 Å². The highest BCUT2D eigenvalue weighted by molar-refractivity contribution is 7.90. The molecule has 0 atom stereocenters. The first-order valence-electron chi connectivity index (χ1n) is 6.07. The summed E-state index contributed by atoms with van der Waals surface area (Å²) >= 11 is 0. The van der Waals surface area contributed by atoms with Crippen molar-refractivity contribution >= 4 is 9.84 Å². The molecule has 106 valence electrons. The van der Waals surface area contributed by atoms with Gasteiger partial charge in [0.05, 0.1) is 19.1 Å². The molecule has 2 rings (SSSR count). The van der Waals surface area contributed by atoms with Crippen LogP contribution >= 0.6 is 0 Å². The van der Waals surface area contributed by atoms with Crippen LogP contribution in [0.4, 0.5) is 0 Å². The first-order chi connectivity index (χ1) is 8.81. The van der Waals surface area contributed by atoms with Crippen molar-refractivity contribution in [2.45, 2.75) is 29.7 Å². The predicted molar refractivity (Wildman–Crippen MR) is 72.4 cm³/mol. The van der Waals surface area contributed by atoms with Gasteiger partial charge in [-0.3, -0.25) is 0 Å². The average Bonchev–Trinajstić information content (AvgIpc) is 2.33. The second-order valence-electron chi connectivity index (χ2n) is 4.99. The summed E-state index contributed by atoms with van der Waals surface area (Å²) in [6, 6.07) is 3.19. The maximum Gasteiger partial charge on any atom is 0.176 e. The summed E-state index contributed by atoms with van der Waals surface area (Å²) in [5, 5.41) is 0. The molecule has 0 aliphatic heterocycles. The summed E-state index contributed by atoms with van der Waals surface area (Å²) in [4.78, 5) is 0.229. The monoisotopic (exact) mass is 285 g/mol. The Bertz CT molecular complexity index is 591. The third-order valence-electron chi connectivity index (χ3n) is 3.67. The fourth-order valence-corrected chi connectivity index (χ4v) is 3.37. The first-order valence-corrected chi connectivity index (χ1v) is 7.96. The molecule has 1 aliphatic rings. The van der Waals surface area contributed by atoms with E-state index in [0.29, 0.717) is 17.1 Å². The summed E-state index contributed by atoms with van der Waals surface area (Å²) in [6.07, 6.45) is 3.75. The van der Waals surface area contributed by atoms with Gasteiger partial charge in [-0.05, 0) is 30.9 Å². The molecule has 0 heterocycles. The van der Waals surface area contributed by atoms with E-state index in [1.807, 2.05) is 0 Å². The Kier molecular flexibility index (Phi) is 3.49. The molecule has 1 saturated carbocycles. The van der Waals surface area contributed by atoms with Crippen molar-refractivity contribution in [2.75, 3.05) is 20.5 Å². The standard InChI is InChI=1S/C13H19NO4S/c1-17-10-7-9(13(14)5-4-6-13)12(19(3,15)16)8-11(10)18-2/h7-8H,4-6,14H2,1-3H3. The Morgan fingerprint density at radius 2 is 1.68 bits per heavy atom. The van der Waals surface area contributed by atoms with Gasteiger partial charge in [0, 0.05) is 17.9 Å². The Labute approximate surface area is 113 Å². The summed E-state index contributed by atoms with van der Waals surface area (Å²) in [7, 11) is -0.369. The number of methoxy groups -OCH3 is 2. The zero-order chi connectivity index (χ0) is 14.3. The van der Waals surface area contributed by atoms with E-state index < -0.39 is 15.4 Å². The van der Waals surface area contributed by atoms with Gasteiger partial charge < -0.3 is 15.2 Å². The van der Waals surface area contributed by atoms with Gasteiger partial charge in [0.1, 0.15) is 0 Å². The smallest absolute Gasteiger partial charge is 0.176 e. The Balaban J connectivity index is 2.69. The van der Waals surface area contributed by atoms with Crippen molar-refractivity contribution in [3.63, 3.8) is 0 Å². The molecule has 5 nitrogen and oxygen atoms in total. The van der Waals surface area contributed by atoms with Crippen LogP contribution in [0.3, 0.4) is 0 Å². The lowest BCUT2D eigenvalue weighted by molar-refractivity contribution is 0.246. The van der Waals surface area contributed by atoms with E-state index in [9.17, 15) is 8.42 Å². The van der Waals surface area contributed by atoms with E-state index in [-0.39, 0.29) is 4.90 Å². The number of ether oxygens (including phenoxy) is 2. The quantitative estimate of drug-likeness (QED) is 0.905. The number of hydrogen-bond donors (Lipinski definition) is 1. The van der Waals surface area contributed by atoms with Crippen LogP contribution in [0.15, 0.2) is 17.0 Å². The van der Waals surface area contributed by atoms with E-state index in [1.165, 1.54) is 26.5 Å². The molecule has 1 aromatic rings. The van der Waals surface area contributed by atoms with Crippen LogP contribution < -0.4 is 15.2 Å². The topological polar surface area (TPSA) is 78.6 Å². The van der Waals surface area contributed by atoms with Crippen LogP contribution in [0, 0.1) is 0 Å². The maximum atomic E-state index is 12.0. The van der Waals surface area contributed by atoms with Gasteiger partial charge in [-0.25, -0.2) is 8.42 Å². The summed E-state index contributed by atoms with van der Waals surface area (Å²) < 4.78 is 34.3. The highest BCUT2D eigenvalue weighted by atomic mass is 32.2. The molecule has 0 unspecified atom stereocenters. The van der Waals surface area contributed by atoms with Crippen molar-refractivity contribution in [3.8, 4) is 11.5 Å². The SMILES string of the molecule is COc1cc(C2(N)CCC2)c(S(C)(=O)=O)cc1OC. The van der Waals surface area contributed by atoms with Gasteiger partial charge in [-0.15, -0.1) is 0 Å². The highest BCUT2D eigenvalue weighted by Crippen LogP contribution is 2.45. The van der Waals surface area contributed by atoms with Crippen LogP contribution in [-0.2, 0) is 15.4 Å². The van der Waals surface area contributed by atoms with E-state index >= 15 is 0 Å². The zero-order valence-corrected chi connectivity index (χ0v) is 12.2. The van der Waals surface area contributed by atoms with E-state index in [0.717, 1.165) is 19.3 Å².